The third kappa shape index (κ3) is 3.69. The Bertz CT molecular complexity index is 544. The van der Waals surface area contributed by atoms with Crippen LogP contribution in [0.3, 0.4) is 0 Å². The summed E-state index contributed by atoms with van der Waals surface area (Å²) in [4.78, 5) is 6.86. The Labute approximate surface area is 126 Å². The van der Waals surface area contributed by atoms with Crippen molar-refractivity contribution >= 4 is 0 Å². The molecule has 3 nitrogen and oxygen atoms in total. The Morgan fingerprint density at radius 2 is 1.95 bits per heavy atom. The summed E-state index contributed by atoms with van der Waals surface area (Å²) in [6.07, 6.45) is 4.65. The molecule has 0 radical (unpaired) electrons. The zero-order chi connectivity index (χ0) is 14.5. The molecule has 0 unspecified atom stereocenters. The maximum Gasteiger partial charge on any atom is 0.0805 e. The van der Waals surface area contributed by atoms with Gasteiger partial charge in [0.15, 0.2) is 0 Å². The van der Waals surface area contributed by atoms with Gasteiger partial charge in [-0.25, -0.2) is 0 Å². The number of nitrogens with zero attached hydrogens (tertiary/aromatic N) is 2. The van der Waals surface area contributed by atoms with Gasteiger partial charge in [0.05, 0.1) is 11.8 Å². The van der Waals surface area contributed by atoms with E-state index in [-0.39, 0.29) is 6.10 Å². The quantitative estimate of drug-likeness (QED) is 0.915. The molecule has 0 saturated carbocycles. The van der Waals surface area contributed by atoms with Gasteiger partial charge in [-0.2, -0.15) is 0 Å². The largest absolute Gasteiger partial charge is 0.388 e. The number of pyridine rings is 1. The first kappa shape index (κ1) is 14.2. The second kappa shape index (κ2) is 6.83. The van der Waals surface area contributed by atoms with Gasteiger partial charge in [0, 0.05) is 18.8 Å². The standard InChI is InChI=1S/C18H22N2O/c21-18(15-7-2-1-3-8-15)13-17-10-6-12-20(17)14-16-9-4-5-11-19-16/h1-5,7-9,11,17-18,21H,6,10,12-14H2/t17-,18+/m1/s1. The molecule has 1 N–H and O–H groups in total. The van der Waals surface area contributed by atoms with Crippen LogP contribution in [0.25, 0.3) is 0 Å². The lowest BCUT2D eigenvalue weighted by Crippen LogP contribution is -2.30. The molecule has 1 aromatic heterocycles. The third-order valence-corrected chi connectivity index (χ3v) is 4.27. The lowest BCUT2D eigenvalue weighted by atomic mass is 10.0. The van der Waals surface area contributed by atoms with Crippen molar-refractivity contribution in [3.8, 4) is 0 Å². The summed E-state index contributed by atoms with van der Waals surface area (Å²) >= 11 is 0. The topological polar surface area (TPSA) is 36.4 Å². The summed E-state index contributed by atoms with van der Waals surface area (Å²) in [5.41, 5.74) is 2.13. The van der Waals surface area contributed by atoms with E-state index in [1.54, 1.807) is 0 Å². The number of rotatable bonds is 5. The van der Waals surface area contributed by atoms with Crippen LogP contribution in [0.4, 0.5) is 0 Å². The number of aliphatic hydroxyl groups excluding tert-OH is 1. The van der Waals surface area contributed by atoms with Crippen molar-refractivity contribution in [1.29, 1.82) is 0 Å². The van der Waals surface area contributed by atoms with Crippen molar-refractivity contribution < 1.29 is 5.11 Å². The van der Waals surface area contributed by atoms with Crippen LogP contribution in [-0.4, -0.2) is 27.6 Å². The van der Waals surface area contributed by atoms with Gasteiger partial charge in [-0.15, -0.1) is 0 Å². The first-order chi connectivity index (χ1) is 10.3. The molecule has 1 aliphatic rings. The van der Waals surface area contributed by atoms with E-state index < -0.39 is 0 Å². The Kier molecular flexibility index (Phi) is 4.63. The van der Waals surface area contributed by atoms with Crippen LogP contribution in [0.1, 0.15) is 36.6 Å². The minimum Gasteiger partial charge on any atom is -0.388 e. The van der Waals surface area contributed by atoms with Crippen molar-refractivity contribution in [3.05, 3.63) is 66.0 Å². The Balaban J connectivity index is 1.62. The number of hydrogen-bond donors (Lipinski definition) is 1. The number of aromatic nitrogens is 1. The van der Waals surface area contributed by atoms with Gasteiger partial charge < -0.3 is 5.11 Å². The molecule has 1 saturated heterocycles. The maximum atomic E-state index is 10.4. The lowest BCUT2D eigenvalue weighted by Gasteiger charge is -2.26. The molecule has 0 amide bonds. The smallest absolute Gasteiger partial charge is 0.0805 e. The van der Waals surface area contributed by atoms with E-state index in [1.165, 1.54) is 6.42 Å². The SMILES string of the molecule is O[C@@H](C[C@H]1CCCN1Cc1ccccn1)c1ccccc1. The van der Waals surface area contributed by atoms with Crippen LogP contribution in [0, 0.1) is 0 Å². The summed E-state index contributed by atoms with van der Waals surface area (Å²) < 4.78 is 0. The van der Waals surface area contributed by atoms with E-state index >= 15 is 0 Å². The van der Waals surface area contributed by atoms with E-state index in [9.17, 15) is 5.11 Å². The normalized spacial score (nSPS) is 20.5. The van der Waals surface area contributed by atoms with Crippen molar-refractivity contribution in [2.75, 3.05) is 6.54 Å². The molecule has 2 atom stereocenters. The summed E-state index contributed by atoms with van der Waals surface area (Å²) in [5, 5.41) is 10.4. The fourth-order valence-electron chi connectivity index (χ4n) is 3.14. The lowest BCUT2D eigenvalue weighted by molar-refractivity contribution is 0.117. The van der Waals surface area contributed by atoms with Crippen LogP contribution in [-0.2, 0) is 6.54 Å². The highest BCUT2D eigenvalue weighted by atomic mass is 16.3. The molecule has 0 aliphatic carbocycles. The molecule has 3 heteroatoms. The van der Waals surface area contributed by atoms with Gasteiger partial charge in [0.25, 0.3) is 0 Å². The first-order valence-corrected chi connectivity index (χ1v) is 7.70. The zero-order valence-corrected chi connectivity index (χ0v) is 12.2. The predicted octanol–water partition coefficient (Wildman–Crippen LogP) is 3.17. The van der Waals surface area contributed by atoms with Crippen molar-refractivity contribution in [2.45, 2.75) is 38.0 Å². The molecule has 1 aliphatic heterocycles. The van der Waals surface area contributed by atoms with Gasteiger partial charge in [-0.05, 0) is 43.5 Å². The number of aliphatic hydroxyl groups is 1. The second-order valence-electron chi connectivity index (χ2n) is 5.75. The highest BCUT2D eigenvalue weighted by Crippen LogP contribution is 2.28. The molecule has 21 heavy (non-hydrogen) atoms. The minimum absolute atomic E-state index is 0.375. The van der Waals surface area contributed by atoms with Gasteiger partial charge in [-0.3, -0.25) is 9.88 Å². The fraction of sp³-hybridized carbons (Fsp3) is 0.389. The molecule has 1 fully saturated rings. The summed E-state index contributed by atoms with van der Waals surface area (Å²) in [6.45, 7) is 1.98. The number of benzene rings is 1. The Morgan fingerprint density at radius 3 is 2.71 bits per heavy atom. The van der Waals surface area contributed by atoms with Crippen LogP contribution >= 0.6 is 0 Å². The summed E-state index contributed by atoms with van der Waals surface area (Å²) in [7, 11) is 0. The minimum atomic E-state index is -0.375. The van der Waals surface area contributed by atoms with E-state index in [2.05, 4.69) is 16.0 Å². The Morgan fingerprint density at radius 1 is 1.14 bits per heavy atom. The van der Waals surface area contributed by atoms with Gasteiger partial charge in [0.2, 0.25) is 0 Å². The van der Waals surface area contributed by atoms with Crippen molar-refractivity contribution in [3.63, 3.8) is 0 Å². The van der Waals surface area contributed by atoms with Gasteiger partial charge >= 0.3 is 0 Å². The van der Waals surface area contributed by atoms with E-state index in [4.69, 9.17) is 0 Å². The van der Waals surface area contributed by atoms with Crippen LogP contribution in [0.15, 0.2) is 54.7 Å². The predicted molar refractivity (Wildman–Crippen MR) is 83.7 cm³/mol. The molecule has 2 heterocycles. The molecule has 3 rings (SSSR count). The molecule has 1 aromatic carbocycles. The van der Waals surface area contributed by atoms with Gasteiger partial charge in [-0.1, -0.05) is 36.4 Å². The second-order valence-corrected chi connectivity index (χ2v) is 5.75. The fourth-order valence-corrected chi connectivity index (χ4v) is 3.14. The average Bonchev–Trinajstić information content (AvgIpc) is 2.96. The highest BCUT2D eigenvalue weighted by molar-refractivity contribution is 5.17. The average molecular weight is 282 g/mol. The van der Waals surface area contributed by atoms with E-state index in [0.29, 0.717) is 6.04 Å². The molecule has 0 bridgehead atoms. The number of hydrogen-bond acceptors (Lipinski definition) is 3. The highest BCUT2D eigenvalue weighted by Gasteiger charge is 2.27. The molecular weight excluding hydrogens is 260 g/mol. The molecule has 0 spiro atoms. The summed E-state index contributed by atoms with van der Waals surface area (Å²) in [5.74, 6) is 0. The van der Waals surface area contributed by atoms with E-state index in [1.807, 2.05) is 48.7 Å². The molecule has 2 aromatic rings. The number of likely N-dealkylation sites (tertiary alicyclic amines) is 1. The third-order valence-electron chi connectivity index (χ3n) is 4.27. The summed E-state index contributed by atoms with van der Waals surface area (Å²) in [6, 6.07) is 16.5. The van der Waals surface area contributed by atoms with Crippen LogP contribution < -0.4 is 0 Å². The monoisotopic (exact) mass is 282 g/mol. The molecular formula is C18H22N2O. The van der Waals surface area contributed by atoms with Gasteiger partial charge in [0.1, 0.15) is 0 Å². The Hall–Kier alpha value is -1.71. The van der Waals surface area contributed by atoms with Crippen LogP contribution in [0.2, 0.25) is 0 Å². The zero-order valence-electron chi connectivity index (χ0n) is 12.2. The molecule has 110 valence electrons. The van der Waals surface area contributed by atoms with Crippen molar-refractivity contribution in [2.24, 2.45) is 0 Å². The first-order valence-electron chi connectivity index (χ1n) is 7.70. The van der Waals surface area contributed by atoms with Crippen LogP contribution in [0.5, 0.6) is 0 Å². The maximum absolute atomic E-state index is 10.4. The van der Waals surface area contributed by atoms with E-state index in [0.717, 1.165) is 37.2 Å². The van der Waals surface area contributed by atoms with Crippen molar-refractivity contribution in [1.82, 2.24) is 9.88 Å².